The quantitative estimate of drug-likeness (QED) is 0.849. The summed E-state index contributed by atoms with van der Waals surface area (Å²) in [6, 6.07) is 9.97. The van der Waals surface area contributed by atoms with Gasteiger partial charge in [-0.05, 0) is 44.7 Å². The number of nitrogens with zero attached hydrogens (tertiary/aromatic N) is 6. The lowest BCUT2D eigenvalue weighted by atomic mass is 9.94. The van der Waals surface area contributed by atoms with E-state index in [0.29, 0.717) is 11.6 Å². The highest BCUT2D eigenvalue weighted by atomic mass is 15.2. The van der Waals surface area contributed by atoms with Gasteiger partial charge in [0.1, 0.15) is 29.2 Å². The number of aryl methyl sites for hydroxylation is 1. The molecule has 0 aliphatic carbocycles. The summed E-state index contributed by atoms with van der Waals surface area (Å²) in [6.07, 6.45) is 4.72. The van der Waals surface area contributed by atoms with Gasteiger partial charge in [-0.25, -0.2) is 15.0 Å². The summed E-state index contributed by atoms with van der Waals surface area (Å²) in [5.74, 6) is 3.19. The van der Waals surface area contributed by atoms with E-state index >= 15 is 0 Å². The molecule has 0 unspecified atom stereocenters. The summed E-state index contributed by atoms with van der Waals surface area (Å²) in [5.41, 5.74) is 1.61. The van der Waals surface area contributed by atoms with E-state index in [9.17, 15) is 0 Å². The van der Waals surface area contributed by atoms with Crippen LogP contribution in [0.25, 0.3) is 0 Å². The molecule has 2 aliphatic heterocycles. The molecule has 2 aromatic heterocycles. The Labute approximate surface area is 154 Å². The first-order chi connectivity index (χ1) is 12.7. The number of hydrogen-bond acceptors (Lipinski definition) is 6. The molecule has 2 aliphatic rings. The smallest absolute Gasteiger partial charge is 0.142 e. The van der Waals surface area contributed by atoms with Gasteiger partial charge in [0.15, 0.2) is 0 Å². The molecule has 6 nitrogen and oxygen atoms in total. The molecule has 4 heterocycles. The fourth-order valence-electron chi connectivity index (χ4n) is 3.98. The Morgan fingerprint density at radius 1 is 1.00 bits per heavy atom. The number of aromatic nitrogens is 3. The Hall–Kier alpha value is -2.68. The predicted octanol–water partition coefficient (Wildman–Crippen LogP) is 3.04. The molecule has 2 fully saturated rings. The van der Waals surface area contributed by atoms with Crippen LogP contribution in [0, 0.1) is 18.3 Å². The van der Waals surface area contributed by atoms with E-state index in [1.165, 1.54) is 12.8 Å². The molecule has 134 valence electrons. The molecular formula is C20H24N6. The van der Waals surface area contributed by atoms with E-state index in [2.05, 4.69) is 31.9 Å². The Morgan fingerprint density at radius 2 is 1.81 bits per heavy atom. The molecular weight excluding hydrogens is 324 g/mol. The van der Waals surface area contributed by atoms with Gasteiger partial charge in [0.2, 0.25) is 0 Å². The zero-order valence-corrected chi connectivity index (χ0v) is 15.2. The number of nitriles is 1. The van der Waals surface area contributed by atoms with Crippen molar-refractivity contribution in [1.82, 2.24) is 15.0 Å². The van der Waals surface area contributed by atoms with Crippen molar-refractivity contribution in [3.05, 3.63) is 41.5 Å². The van der Waals surface area contributed by atoms with Crippen molar-refractivity contribution in [2.45, 2.75) is 38.5 Å². The zero-order valence-electron chi connectivity index (χ0n) is 15.2. The molecule has 6 heteroatoms. The summed E-state index contributed by atoms with van der Waals surface area (Å²) in [5, 5.41) is 9.10. The second-order valence-corrected chi connectivity index (χ2v) is 7.17. The van der Waals surface area contributed by atoms with Crippen LogP contribution in [-0.2, 0) is 0 Å². The van der Waals surface area contributed by atoms with Crippen LogP contribution in [0.2, 0.25) is 0 Å². The topological polar surface area (TPSA) is 68.9 Å². The average molecular weight is 348 g/mol. The fraction of sp³-hybridized carbons (Fsp3) is 0.500. The molecule has 26 heavy (non-hydrogen) atoms. The lowest BCUT2D eigenvalue weighted by Crippen LogP contribution is -2.35. The monoisotopic (exact) mass is 348 g/mol. The molecule has 0 amide bonds. The summed E-state index contributed by atoms with van der Waals surface area (Å²) in [6.45, 7) is 6.04. The number of anilines is 2. The van der Waals surface area contributed by atoms with E-state index in [1.54, 1.807) is 6.07 Å². The van der Waals surface area contributed by atoms with Gasteiger partial charge in [0, 0.05) is 38.2 Å². The van der Waals surface area contributed by atoms with E-state index < -0.39 is 0 Å². The van der Waals surface area contributed by atoms with Crippen LogP contribution >= 0.6 is 0 Å². The standard InChI is InChI=1S/C20H24N6/c1-15-22-18(12-20(23-15)25-9-2-3-10-25)16-6-5-11-26(14-16)19-8-4-7-17(13-21)24-19/h4,7-8,12,16H,2-3,5-6,9-11,14H2,1H3/t16-/m0/s1. The minimum absolute atomic E-state index is 0.374. The van der Waals surface area contributed by atoms with E-state index in [-0.39, 0.29) is 0 Å². The lowest BCUT2D eigenvalue weighted by molar-refractivity contribution is 0.497. The van der Waals surface area contributed by atoms with Crippen molar-refractivity contribution < 1.29 is 0 Å². The minimum Gasteiger partial charge on any atom is -0.357 e. The molecule has 2 aromatic rings. The van der Waals surface area contributed by atoms with Crippen molar-refractivity contribution in [2.75, 3.05) is 36.0 Å². The van der Waals surface area contributed by atoms with Gasteiger partial charge in [-0.1, -0.05) is 6.07 Å². The third kappa shape index (κ3) is 3.48. The highest BCUT2D eigenvalue weighted by molar-refractivity contribution is 5.45. The summed E-state index contributed by atoms with van der Waals surface area (Å²) < 4.78 is 0. The van der Waals surface area contributed by atoms with Crippen LogP contribution in [0.5, 0.6) is 0 Å². The Balaban J connectivity index is 1.57. The third-order valence-electron chi connectivity index (χ3n) is 5.29. The first-order valence-electron chi connectivity index (χ1n) is 9.45. The molecule has 4 rings (SSSR count). The van der Waals surface area contributed by atoms with Crippen molar-refractivity contribution in [3.8, 4) is 6.07 Å². The lowest BCUT2D eigenvalue weighted by Gasteiger charge is -2.33. The highest BCUT2D eigenvalue weighted by Gasteiger charge is 2.25. The third-order valence-corrected chi connectivity index (χ3v) is 5.29. The number of pyridine rings is 1. The second kappa shape index (κ2) is 7.28. The maximum atomic E-state index is 9.10. The van der Waals surface area contributed by atoms with Gasteiger partial charge >= 0.3 is 0 Å². The molecule has 0 radical (unpaired) electrons. The maximum absolute atomic E-state index is 9.10. The molecule has 0 spiro atoms. The average Bonchev–Trinajstić information content (AvgIpc) is 3.23. The molecule has 0 saturated carbocycles. The van der Waals surface area contributed by atoms with Crippen LogP contribution in [0.4, 0.5) is 11.6 Å². The Bertz CT molecular complexity index is 821. The van der Waals surface area contributed by atoms with Crippen molar-refractivity contribution in [1.29, 1.82) is 5.26 Å². The first-order valence-corrected chi connectivity index (χ1v) is 9.45. The largest absolute Gasteiger partial charge is 0.357 e. The maximum Gasteiger partial charge on any atom is 0.142 e. The normalized spacial score (nSPS) is 20.2. The fourth-order valence-corrected chi connectivity index (χ4v) is 3.98. The summed E-state index contributed by atoms with van der Waals surface area (Å²) in [4.78, 5) is 18.5. The molecule has 1 atom stereocenters. The predicted molar refractivity (Wildman–Crippen MR) is 101 cm³/mol. The van der Waals surface area contributed by atoms with Crippen molar-refractivity contribution >= 4 is 11.6 Å². The van der Waals surface area contributed by atoms with Gasteiger partial charge in [0.25, 0.3) is 0 Å². The molecule has 0 aromatic carbocycles. The van der Waals surface area contributed by atoms with Gasteiger partial charge in [-0.2, -0.15) is 5.26 Å². The van der Waals surface area contributed by atoms with Crippen LogP contribution in [0.1, 0.15) is 48.8 Å². The van der Waals surface area contributed by atoms with Crippen LogP contribution in [0.15, 0.2) is 24.3 Å². The highest BCUT2D eigenvalue weighted by Crippen LogP contribution is 2.30. The minimum atomic E-state index is 0.374. The molecule has 0 bridgehead atoms. The van der Waals surface area contributed by atoms with E-state index in [4.69, 9.17) is 10.2 Å². The number of piperidine rings is 1. The molecule has 0 N–H and O–H groups in total. The number of rotatable bonds is 3. The SMILES string of the molecule is Cc1nc([C@H]2CCCN(c3cccc(C#N)n3)C2)cc(N2CCCC2)n1. The Kier molecular flexibility index (Phi) is 4.70. The summed E-state index contributed by atoms with van der Waals surface area (Å²) >= 11 is 0. The van der Waals surface area contributed by atoms with Crippen molar-refractivity contribution in [2.24, 2.45) is 0 Å². The van der Waals surface area contributed by atoms with Gasteiger partial charge in [-0.3, -0.25) is 0 Å². The van der Waals surface area contributed by atoms with E-state index in [1.807, 2.05) is 19.1 Å². The van der Waals surface area contributed by atoms with Crippen LogP contribution in [0.3, 0.4) is 0 Å². The molecule has 2 saturated heterocycles. The van der Waals surface area contributed by atoms with Gasteiger partial charge < -0.3 is 9.80 Å². The second-order valence-electron chi connectivity index (χ2n) is 7.17. The van der Waals surface area contributed by atoms with Crippen LogP contribution in [-0.4, -0.2) is 41.1 Å². The van der Waals surface area contributed by atoms with E-state index in [0.717, 1.165) is 62.2 Å². The van der Waals surface area contributed by atoms with Gasteiger partial charge in [-0.15, -0.1) is 0 Å². The van der Waals surface area contributed by atoms with Gasteiger partial charge in [0.05, 0.1) is 5.69 Å². The zero-order chi connectivity index (χ0) is 17.9. The number of hydrogen-bond donors (Lipinski definition) is 0. The van der Waals surface area contributed by atoms with Crippen molar-refractivity contribution in [3.63, 3.8) is 0 Å². The first kappa shape index (κ1) is 16.8. The Morgan fingerprint density at radius 3 is 2.62 bits per heavy atom. The van der Waals surface area contributed by atoms with Crippen LogP contribution < -0.4 is 9.80 Å². The summed E-state index contributed by atoms with van der Waals surface area (Å²) in [7, 11) is 0.